The predicted molar refractivity (Wildman–Crippen MR) is 76.9 cm³/mol. The molecule has 2 aromatic rings. The van der Waals surface area contributed by atoms with Crippen LogP contribution in [0.3, 0.4) is 0 Å². The fraction of sp³-hybridized carbons (Fsp3) is 0.0909. The molecule has 1 aliphatic heterocycles. The fourth-order valence-electron chi connectivity index (χ4n) is 1.94. The minimum atomic E-state index is -0.709. The van der Waals surface area contributed by atoms with Gasteiger partial charge in [-0.2, -0.15) is 0 Å². The van der Waals surface area contributed by atoms with Crippen molar-refractivity contribution in [2.75, 3.05) is 4.90 Å². The number of hydrogen-bond donors (Lipinski definition) is 0. The van der Waals surface area contributed by atoms with Crippen LogP contribution in [0.5, 0.6) is 0 Å². The van der Waals surface area contributed by atoms with E-state index in [2.05, 4.69) is 9.59 Å². The molecule has 0 saturated carbocycles. The summed E-state index contributed by atoms with van der Waals surface area (Å²) in [6.45, 7) is 0.0208. The lowest BCUT2D eigenvalue weighted by Crippen LogP contribution is -2.29. The van der Waals surface area contributed by atoms with Crippen LogP contribution < -0.4 is 4.90 Å². The summed E-state index contributed by atoms with van der Waals surface area (Å²) >= 11 is 19.0. The third-order valence-electron chi connectivity index (χ3n) is 2.83. The van der Waals surface area contributed by atoms with Gasteiger partial charge >= 0.3 is 0 Å². The van der Waals surface area contributed by atoms with Crippen LogP contribution in [0.15, 0.2) is 12.1 Å². The average Bonchev–Trinajstić information content (AvgIpc) is 2.92. The maximum absolute atomic E-state index is 12.1. The highest BCUT2D eigenvalue weighted by Crippen LogP contribution is 2.41. The highest BCUT2D eigenvalue weighted by Gasteiger charge is 2.39. The van der Waals surface area contributed by atoms with Crippen molar-refractivity contribution in [3.63, 3.8) is 0 Å². The summed E-state index contributed by atoms with van der Waals surface area (Å²) in [5.41, 5.74) is 0.809. The Kier molecular flexibility index (Phi) is 3.41. The quantitative estimate of drug-likeness (QED) is 0.782. The van der Waals surface area contributed by atoms with Crippen LogP contribution in [-0.4, -0.2) is 21.3 Å². The van der Waals surface area contributed by atoms with E-state index in [1.54, 1.807) is 0 Å². The molecule has 0 saturated heterocycles. The SMILES string of the molecule is O=C1C(=O)N(Cc2nnsc2Cl)c2c(Cl)ccc(Cl)c21. The summed E-state index contributed by atoms with van der Waals surface area (Å²) in [7, 11) is 0. The Hall–Kier alpha value is -1.21. The van der Waals surface area contributed by atoms with Crippen molar-refractivity contribution < 1.29 is 9.59 Å². The van der Waals surface area contributed by atoms with E-state index in [1.807, 2.05) is 0 Å². The molecule has 9 heteroatoms. The van der Waals surface area contributed by atoms with E-state index < -0.39 is 11.7 Å². The van der Waals surface area contributed by atoms with Crippen LogP contribution in [-0.2, 0) is 11.3 Å². The first kappa shape index (κ1) is 13.8. The molecule has 0 N–H and O–H groups in total. The third-order valence-corrected chi connectivity index (χ3v) is 4.44. The number of carbonyl (C=O) groups is 2. The largest absolute Gasteiger partial charge is 0.299 e. The molecule has 0 fully saturated rings. The van der Waals surface area contributed by atoms with Crippen LogP contribution in [0.2, 0.25) is 14.4 Å². The van der Waals surface area contributed by atoms with Gasteiger partial charge in [0.05, 0.1) is 27.8 Å². The zero-order chi connectivity index (χ0) is 14.4. The van der Waals surface area contributed by atoms with E-state index >= 15 is 0 Å². The molecule has 3 rings (SSSR count). The zero-order valence-corrected chi connectivity index (χ0v) is 12.6. The van der Waals surface area contributed by atoms with Crippen molar-refractivity contribution in [1.82, 2.24) is 9.59 Å². The van der Waals surface area contributed by atoms with E-state index in [-0.39, 0.29) is 22.2 Å². The van der Waals surface area contributed by atoms with Crippen molar-refractivity contribution in [3.8, 4) is 0 Å². The van der Waals surface area contributed by atoms with Gasteiger partial charge in [0, 0.05) is 11.5 Å². The molecule has 1 aromatic carbocycles. The van der Waals surface area contributed by atoms with Gasteiger partial charge in [-0.25, -0.2) is 0 Å². The fourth-order valence-corrected chi connectivity index (χ4v) is 3.05. The number of carbonyl (C=O) groups excluding carboxylic acids is 2. The first-order valence-corrected chi connectivity index (χ1v) is 7.22. The van der Waals surface area contributed by atoms with E-state index in [9.17, 15) is 9.59 Å². The molecule has 0 radical (unpaired) electrons. The van der Waals surface area contributed by atoms with Crippen LogP contribution in [0.25, 0.3) is 0 Å². The van der Waals surface area contributed by atoms with E-state index in [0.717, 1.165) is 11.5 Å². The minimum Gasteiger partial charge on any atom is -0.297 e. The number of hydrogen-bond acceptors (Lipinski definition) is 5. The second-order valence-corrected chi connectivity index (χ2v) is 6.14. The number of rotatable bonds is 2. The highest BCUT2D eigenvalue weighted by molar-refractivity contribution is 7.10. The monoisotopic (exact) mass is 347 g/mol. The van der Waals surface area contributed by atoms with Gasteiger partial charge in [-0.05, 0) is 12.1 Å². The Labute approximate surface area is 132 Å². The van der Waals surface area contributed by atoms with E-state index in [1.165, 1.54) is 17.0 Å². The van der Waals surface area contributed by atoms with Crippen molar-refractivity contribution in [3.05, 3.63) is 37.8 Å². The molecule has 0 aliphatic carbocycles. The summed E-state index contributed by atoms with van der Waals surface area (Å²) < 4.78 is 4.04. The lowest BCUT2D eigenvalue weighted by atomic mass is 10.1. The first-order chi connectivity index (χ1) is 9.50. The first-order valence-electron chi connectivity index (χ1n) is 5.31. The lowest BCUT2D eigenvalue weighted by molar-refractivity contribution is -0.114. The maximum Gasteiger partial charge on any atom is 0.299 e. The number of ketones is 1. The van der Waals surface area contributed by atoms with Crippen LogP contribution >= 0.6 is 46.3 Å². The molecule has 2 heterocycles. The second-order valence-electron chi connectivity index (χ2n) is 3.97. The normalized spacial score (nSPS) is 14.1. The Morgan fingerprint density at radius 1 is 1.15 bits per heavy atom. The topological polar surface area (TPSA) is 63.2 Å². The summed E-state index contributed by atoms with van der Waals surface area (Å²) in [6, 6.07) is 3.01. The van der Waals surface area contributed by atoms with Crippen LogP contribution in [0, 0.1) is 0 Å². The number of fused-ring (bicyclic) bond motifs is 1. The van der Waals surface area contributed by atoms with Crippen molar-refractivity contribution >= 4 is 63.7 Å². The molecule has 1 amide bonds. The molecule has 20 heavy (non-hydrogen) atoms. The lowest BCUT2D eigenvalue weighted by Gasteiger charge is -2.16. The molecule has 1 aromatic heterocycles. The number of halogens is 3. The van der Waals surface area contributed by atoms with Crippen molar-refractivity contribution in [1.29, 1.82) is 0 Å². The summed E-state index contributed by atoms with van der Waals surface area (Å²) in [5.74, 6) is -1.40. The summed E-state index contributed by atoms with van der Waals surface area (Å²) in [5, 5.41) is 4.27. The van der Waals surface area contributed by atoms with Gasteiger partial charge in [-0.3, -0.25) is 14.5 Å². The molecule has 0 spiro atoms. The van der Waals surface area contributed by atoms with Gasteiger partial charge in [0.25, 0.3) is 11.7 Å². The Balaban J connectivity index is 2.11. The Bertz CT molecular complexity index is 747. The average molecular weight is 349 g/mol. The number of amides is 1. The molecular weight excluding hydrogens is 345 g/mol. The molecule has 1 aliphatic rings. The minimum absolute atomic E-state index is 0.0208. The number of benzene rings is 1. The maximum atomic E-state index is 12.1. The van der Waals surface area contributed by atoms with E-state index in [0.29, 0.717) is 15.7 Å². The van der Waals surface area contributed by atoms with Crippen molar-refractivity contribution in [2.24, 2.45) is 0 Å². The standard InChI is InChI=1S/C11H4Cl3N3O2S/c12-4-1-2-5(13)8-7(4)9(18)11(19)17(8)3-6-10(14)20-16-15-6/h1-2H,3H2. The smallest absolute Gasteiger partial charge is 0.297 e. The zero-order valence-electron chi connectivity index (χ0n) is 9.56. The second kappa shape index (κ2) is 4.96. The number of nitrogens with zero attached hydrogens (tertiary/aromatic N) is 3. The number of aromatic nitrogens is 2. The van der Waals surface area contributed by atoms with Gasteiger partial charge < -0.3 is 0 Å². The summed E-state index contributed by atoms with van der Waals surface area (Å²) in [6.07, 6.45) is 0. The molecule has 102 valence electrons. The molecule has 5 nitrogen and oxygen atoms in total. The van der Waals surface area contributed by atoms with Gasteiger partial charge in [0.2, 0.25) is 0 Å². The van der Waals surface area contributed by atoms with Gasteiger partial charge in [-0.15, -0.1) is 5.10 Å². The van der Waals surface area contributed by atoms with Crippen LogP contribution in [0.1, 0.15) is 16.1 Å². The number of Topliss-reactive ketones (excluding diaryl/α,β-unsaturated/α-hetero) is 1. The Morgan fingerprint density at radius 3 is 2.50 bits per heavy atom. The van der Waals surface area contributed by atoms with E-state index in [4.69, 9.17) is 34.8 Å². The van der Waals surface area contributed by atoms with Crippen molar-refractivity contribution in [2.45, 2.75) is 6.54 Å². The number of anilines is 1. The highest BCUT2D eigenvalue weighted by atomic mass is 35.5. The molecular formula is C11H4Cl3N3O2S. The third kappa shape index (κ3) is 2.00. The van der Waals surface area contributed by atoms with Gasteiger partial charge in [0.1, 0.15) is 10.0 Å². The summed E-state index contributed by atoms with van der Waals surface area (Å²) in [4.78, 5) is 25.3. The Morgan fingerprint density at radius 2 is 1.85 bits per heavy atom. The predicted octanol–water partition coefficient (Wildman–Crippen LogP) is 3.23. The molecule has 0 atom stereocenters. The van der Waals surface area contributed by atoms with Gasteiger partial charge in [-0.1, -0.05) is 39.3 Å². The molecule has 0 unspecified atom stereocenters. The van der Waals surface area contributed by atoms with Crippen LogP contribution in [0.4, 0.5) is 5.69 Å². The molecule has 0 bridgehead atoms. The van der Waals surface area contributed by atoms with Gasteiger partial charge in [0.15, 0.2) is 0 Å².